The third kappa shape index (κ3) is 3.13. The van der Waals surface area contributed by atoms with Gasteiger partial charge in [0.2, 0.25) is 0 Å². The van der Waals surface area contributed by atoms with E-state index in [0.29, 0.717) is 25.4 Å². The highest BCUT2D eigenvalue weighted by atomic mass is 32.1. The molecular formula is C16H18N2O3S. The number of thiazole rings is 1. The van der Waals surface area contributed by atoms with E-state index < -0.39 is 0 Å². The number of nitrogens with zero attached hydrogens (tertiary/aromatic N) is 2. The summed E-state index contributed by atoms with van der Waals surface area (Å²) in [6.45, 7) is 3.80. The van der Waals surface area contributed by atoms with Gasteiger partial charge in [0, 0.05) is 24.0 Å². The molecule has 1 aliphatic rings. The Bertz CT molecular complexity index is 654. The van der Waals surface area contributed by atoms with Gasteiger partial charge < -0.3 is 14.4 Å². The molecule has 2 aromatic rings. The molecule has 2 heterocycles. The van der Waals surface area contributed by atoms with Crippen LogP contribution in [-0.4, -0.2) is 48.7 Å². The highest BCUT2D eigenvalue weighted by molar-refractivity contribution is 7.13. The Balaban J connectivity index is 1.76. The van der Waals surface area contributed by atoms with Crippen molar-refractivity contribution in [3.63, 3.8) is 0 Å². The van der Waals surface area contributed by atoms with E-state index in [2.05, 4.69) is 4.98 Å². The lowest BCUT2D eigenvalue weighted by Gasteiger charge is -2.30. The van der Waals surface area contributed by atoms with E-state index in [9.17, 15) is 4.79 Å². The number of ether oxygens (including phenoxy) is 2. The highest BCUT2D eigenvalue weighted by Gasteiger charge is 2.24. The molecule has 1 amide bonds. The predicted octanol–water partition coefficient (Wildman–Crippen LogP) is 2.68. The SMILES string of the molecule is COc1ccc(-c2nc(C(=O)N3CCOC(C)C3)cs2)cc1. The fourth-order valence-electron chi connectivity index (χ4n) is 2.40. The zero-order valence-electron chi connectivity index (χ0n) is 12.6. The van der Waals surface area contributed by atoms with Crippen molar-refractivity contribution >= 4 is 17.2 Å². The quantitative estimate of drug-likeness (QED) is 0.873. The van der Waals surface area contributed by atoms with Crippen molar-refractivity contribution in [1.82, 2.24) is 9.88 Å². The van der Waals surface area contributed by atoms with Gasteiger partial charge in [-0.15, -0.1) is 11.3 Å². The van der Waals surface area contributed by atoms with Crippen LogP contribution in [0.2, 0.25) is 0 Å². The van der Waals surface area contributed by atoms with Gasteiger partial charge in [0.05, 0.1) is 19.8 Å². The number of methoxy groups -OCH3 is 1. The maximum atomic E-state index is 12.5. The first kappa shape index (κ1) is 15.0. The molecule has 0 spiro atoms. The first-order valence-corrected chi connectivity index (χ1v) is 8.06. The first-order chi connectivity index (χ1) is 10.7. The molecule has 1 aromatic heterocycles. The van der Waals surface area contributed by atoms with Gasteiger partial charge >= 0.3 is 0 Å². The number of rotatable bonds is 3. The van der Waals surface area contributed by atoms with Crippen molar-refractivity contribution in [2.75, 3.05) is 26.8 Å². The monoisotopic (exact) mass is 318 g/mol. The molecule has 1 saturated heterocycles. The van der Waals surface area contributed by atoms with Crippen LogP contribution in [0.1, 0.15) is 17.4 Å². The first-order valence-electron chi connectivity index (χ1n) is 7.18. The Morgan fingerprint density at radius 1 is 1.41 bits per heavy atom. The standard InChI is InChI=1S/C16H18N2O3S/c1-11-9-18(7-8-21-11)16(19)14-10-22-15(17-14)12-3-5-13(20-2)6-4-12/h3-6,10-11H,7-9H2,1-2H3. The molecule has 0 N–H and O–H groups in total. The Morgan fingerprint density at radius 3 is 2.86 bits per heavy atom. The van der Waals surface area contributed by atoms with Crippen LogP contribution in [0.5, 0.6) is 5.75 Å². The second kappa shape index (κ2) is 6.46. The average molecular weight is 318 g/mol. The predicted molar refractivity (Wildman–Crippen MR) is 85.4 cm³/mol. The zero-order valence-corrected chi connectivity index (χ0v) is 13.4. The lowest BCUT2D eigenvalue weighted by atomic mass is 10.2. The molecule has 1 atom stereocenters. The summed E-state index contributed by atoms with van der Waals surface area (Å²) in [5.41, 5.74) is 1.49. The van der Waals surface area contributed by atoms with Crippen molar-refractivity contribution in [2.24, 2.45) is 0 Å². The van der Waals surface area contributed by atoms with Crippen molar-refractivity contribution < 1.29 is 14.3 Å². The summed E-state index contributed by atoms with van der Waals surface area (Å²) in [6.07, 6.45) is 0.0809. The van der Waals surface area contributed by atoms with Crippen molar-refractivity contribution in [1.29, 1.82) is 0 Å². The van der Waals surface area contributed by atoms with Gasteiger partial charge in [-0.05, 0) is 31.2 Å². The summed E-state index contributed by atoms with van der Waals surface area (Å²) in [5, 5.41) is 2.66. The fourth-order valence-corrected chi connectivity index (χ4v) is 3.20. The zero-order chi connectivity index (χ0) is 15.5. The maximum Gasteiger partial charge on any atom is 0.273 e. The van der Waals surface area contributed by atoms with Crippen LogP contribution in [-0.2, 0) is 4.74 Å². The van der Waals surface area contributed by atoms with Gasteiger partial charge in [0.15, 0.2) is 0 Å². The molecule has 5 nitrogen and oxygen atoms in total. The smallest absolute Gasteiger partial charge is 0.273 e. The summed E-state index contributed by atoms with van der Waals surface area (Å²) in [6, 6.07) is 7.68. The molecule has 3 rings (SSSR count). The van der Waals surface area contributed by atoms with Crippen molar-refractivity contribution in [3.8, 4) is 16.3 Å². The van der Waals surface area contributed by atoms with E-state index in [1.54, 1.807) is 12.0 Å². The molecule has 116 valence electrons. The van der Waals surface area contributed by atoms with Gasteiger partial charge in [-0.1, -0.05) is 0 Å². The number of carbonyl (C=O) groups excluding carboxylic acids is 1. The van der Waals surface area contributed by atoms with Crippen molar-refractivity contribution in [2.45, 2.75) is 13.0 Å². The molecule has 1 unspecified atom stereocenters. The third-order valence-corrected chi connectivity index (χ3v) is 4.48. The number of hydrogen-bond donors (Lipinski definition) is 0. The molecule has 22 heavy (non-hydrogen) atoms. The van der Waals surface area contributed by atoms with Crippen LogP contribution in [0, 0.1) is 0 Å². The molecule has 0 bridgehead atoms. The van der Waals surface area contributed by atoms with E-state index in [-0.39, 0.29) is 12.0 Å². The summed E-state index contributed by atoms with van der Waals surface area (Å²) in [7, 11) is 1.64. The second-order valence-electron chi connectivity index (χ2n) is 5.20. The van der Waals surface area contributed by atoms with Gasteiger partial charge in [-0.3, -0.25) is 4.79 Å². The van der Waals surface area contributed by atoms with Gasteiger partial charge in [0.25, 0.3) is 5.91 Å². The summed E-state index contributed by atoms with van der Waals surface area (Å²) >= 11 is 1.48. The fraction of sp³-hybridized carbons (Fsp3) is 0.375. The minimum atomic E-state index is -0.0221. The average Bonchev–Trinajstić information content (AvgIpc) is 3.04. The van der Waals surface area contributed by atoms with E-state index in [1.807, 2.05) is 36.6 Å². The molecule has 1 fully saturated rings. The van der Waals surface area contributed by atoms with Crippen LogP contribution >= 0.6 is 11.3 Å². The molecule has 1 aromatic carbocycles. The highest BCUT2D eigenvalue weighted by Crippen LogP contribution is 2.26. The van der Waals surface area contributed by atoms with Gasteiger partial charge in [-0.2, -0.15) is 0 Å². The minimum absolute atomic E-state index is 0.0221. The largest absolute Gasteiger partial charge is 0.497 e. The van der Waals surface area contributed by atoms with Crippen LogP contribution in [0.25, 0.3) is 10.6 Å². The summed E-state index contributed by atoms with van der Waals surface area (Å²) in [4.78, 5) is 18.8. The molecule has 6 heteroatoms. The molecule has 0 aliphatic carbocycles. The number of carbonyl (C=O) groups is 1. The van der Waals surface area contributed by atoms with Crippen LogP contribution in [0.3, 0.4) is 0 Å². The Morgan fingerprint density at radius 2 is 2.18 bits per heavy atom. The molecule has 0 saturated carbocycles. The number of hydrogen-bond acceptors (Lipinski definition) is 5. The van der Waals surface area contributed by atoms with E-state index in [4.69, 9.17) is 9.47 Å². The topological polar surface area (TPSA) is 51.7 Å². The lowest BCUT2D eigenvalue weighted by Crippen LogP contribution is -2.44. The summed E-state index contributed by atoms with van der Waals surface area (Å²) < 4.78 is 10.6. The molecule has 0 radical (unpaired) electrons. The Labute approximate surface area is 133 Å². The van der Waals surface area contributed by atoms with Crippen LogP contribution < -0.4 is 4.74 Å². The lowest BCUT2D eigenvalue weighted by molar-refractivity contribution is -0.0126. The number of amides is 1. The Kier molecular flexibility index (Phi) is 4.40. The van der Waals surface area contributed by atoms with Gasteiger partial charge in [0.1, 0.15) is 16.5 Å². The summed E-state index contributed by atoms with van der Waals surface area (Å²) in [5.74, 6) is 0.782. The van der Waals surface area contributed by atoms with Gasteiger partial charge in [-0.25, -0.2) is 4.98 Å². The van der Waals surface area contributed by atoms with Crippen LogP contribution in [0.4, 0.5) is 0 Å². The van der Waals surface area contributed by atoms with Crippen LogP contribution in [0.15, 0.2) is 29.6 Å². The molecule has 1 aliphatic heterocycles. The number of morpholine rings is 1. The Hall–Kier alpha value is -1.92. The van der Waals surface area contributed by atoms with E-state index in [1.165, 1.54) is 11.3 Å². The van der Waals surface area contributed by atoms with Crippen molar-refractivity contribution in [3.05, 3.63) is 35.3 Å². The van der Waals surface area contributed by atoms with E-state index in [0.717, 1.165) is 16.3 Å². The maximum absolute atomic E-state index is 12.5. The number of aromatic nitrogens is 1. The number of benzene rings is 1. The minimum Gasteiger partial charge on any atom is -0.497 e. The van der Waals surface area contributed by atoms with E-state index >= 15 is 0 Å². The molecular weight excluding hydrogens is 300 g/mol. The normalized spacial score (nSPS) is 18.3. The third-order valence-electron chi connectivity index (χ3n) is 3.59. The second-order valence-corrected chi connectivity index (χ2v) is 6.06.